The summed E-state index contributed by atoms with van der Waals surface area (Å²) in [4.78, 5) is 0. The lowest BCUT2D eigenvalue weighted by molar-refractivity contribution is 0.118. The lowest BCUT2D eigenvalue weighted by atomic mass is 10.0. The van der Waals surface area contributed by atoms with Gasteiger partial charge in [-0.25, -0.2) is 0 Å². The van der Waals surface area contributed by atoms with Gasteiger partial charge in [0.05, 0.1) is 0 Å². The molecule has 0 spiro atoms. The third-order valence-electron chi connectivity index (χ3n) is 2.48. The first-order valence-corrected chi connectivity index (χ1v) is 6.35. The van der Waals surface area contributed by atoms with E-state index in [-0.39, 0.29) is 0 Å². The zero-order valence-electron chi connectivity index (χ0n) is 11.0. The molecular formula is C13H29NO. The van der Waals surface area contributed by atoms with Crippen LogP contribution >= 0.6 is 0 Å². The summed E-state index contributed by atoms with van der Waals surface area (Å²) in [6.07, 6.45) is 4.50. The first kappa shape index (κ1) is 14.9. The van der Waals surface area contributed by atoms with Crippen molar-refractivity contribution >= 4 is 0 Å². The molecule has 2 heteroatoms. The highest BCUT2D eigenvalue weighted by Crippen LogP contribution is 2.07. The van der Waals surface area contributed by atoms with Gasteiger partial charge in [-0.2, -0.15) is 0 Å². The van der Waals surface area contributed by atoms with Crippen molar-refractivity contribution in [2.24, 2.45) is 17.6 Å². The minimum atomic E-state index is 0.360. The highest BCUT2D eigenvalue weighted by molar-refractivity contribution is 4.63. The molecule has 0 fully saturated rings. The molecule has 92 valence electrons. The zero-order valence-corrected chi connectivity index (χ0v) is 11.0. The molecular weight excluding hydrogens is 186 g/mol. The fourth-order valence-electron chi connectivity index (χ4n) is 1.59. The van der Waals surface area contributed by atoms with Crippen molar-refractivity contribution in [3.8, 4) is 0 Å². The van der Waals surface area contributed by atoms with Gasteiger partial charge in [0.15, 0.2) is 0 Å². The Balaban J connectivity index is 3.16. The molecule has 0 aromatic heterocycles. The normalized spacial score (nSPS) is 13.8. The van der Waals surface area contributed by atoms with Crippen molar-refractivity contribution in [1.29, 1.82) is 0 Å². The van der Waals surface area contributed by atoms with E-state index in [1.54, 1.807) is 0 Å². The number of hydrogen-bond acceptors (Lipinski definition) is 2. The molecule has 0 saturated heterocycles. The Bertz CT molecular complexity index is 134. The fourth-order valence-corrected chi connectivity index (χ4v) is 1.59. The molecule has 0 aromatic rings. The second-order valence-corrected chi connectivity index (χ2v) is 5.33. The Morgan fingerprint density at radius 3 is 2.13 bits per heavy atom. The second-order valence-electron chi connectivity index (χ2n) is 5.33. The average Bonchev–Trinajstić information content (AvgIpc) is 2.09. The largest absolute Gasteiger partial charge is 0.381 e. The minimum Gasteiger partial charge on any atom is -0.381 e. The van der Waals surface area contributed by atoms with Crippen LogP contribution in [0.25, 0.3) is 0 Å². The summed E-state index contributed by atoms with van der Waals surface area (Å²) in [6, 6.07) is 0.360. The molecule has 0 bridgehead atoms. The monoisotopic (exact) mass is 215 g/mol. The molecule has 0 saturated carbocycles. The molecule has 0 amide bonds. The lowest BCUT2D eigenvalue weighted by Gasteiger charge is -2.13. The second kappa shape index (κ2) is 9.17. The Hall–Kier alpha value is -0.0800. The van der Waals surface area contributed by atoms with Crippen molar-refractivity contribution in [2.45, 2.75) is 59.4 Å². The Labute approximate surface area is 95.6 Å². The summed E-state index contributed by atoms with van der Waals surface area (Å²) in [5.41, 5.74) is 5.98. The molecule has 1 atom stereocenters. The average molecular weight is 215 g/mol. The molecule has 1 unspecified atom stereocenters. The van der Waals surface area contributed by atoms with Crippen molar-refractivity contribution < 1.29 is 4.74 Å². The zero-order chi connectivity index (χ0) is 11.7. The van der Waals surface area contributed by atoms with Crippen LogP contribution in [0.15, 0.2) is 0 Å². The highest BCUT2D eigenvalue weighted by Gasteiger charge is 2.04. The molecule has 0 heterocycles. The van der Waals surface area contributed by atoms with Gasteiger partial charge in [-0.1, -0.05) is 27.7 Å². The summed E-state index contributed by atoms with van der Waals surface area (Å²) in [6.45, 7) is 10.7. The van der Waals surface area contributed by atoms with Gasteiger partial charge in [-0.3, -0.25) is 0 Å². The predicted octanol–water partition coefficient (Wildman–Crippen LogP) is 3.20. The van der Waals surface area contributed by atoms with Crippen molar-refractivity contribution in [3.05, 3.63) is 0 Å². The van der Waals surface area contributed by atoms with Crippen LogP contribution in [0.5, 0.6) is 0 Å². The molecule has 2 N–H and O–H groups in total. The molecule has 0 aromatic carbocycles. The van der Waals surface area contributed by atoms with E-state index in [2.05, 4.69) is 27.7 Å². The van der Waals surface area contributed by atoms with Crippen molar-refractivity contribution in [2.75, 3.05) is 13.2 Å². The first-order chi connectivity index (χ1) is 7.02. The van der Waals surface area contributed by atoms with Gasteiger partial charge < -0.3 is 10.5 Å². The van der Waals surface area contributed by atoms with Crippen molar-refractivity contribution in [3.63, 3.8) is 0 Å². The Morgan fingerprint density at radius 2 is 1.60 bits per heavy atom. The van der Waals surface area contributed by atoms with Crippen LogP contribution in [-0.2, 0) is 4.74 Å². The molecule has 0 rings (SSSR count). The molecule has 0 aliphatic carbocycles. The van der Waals surface area contributed by atoms with Crippen molar-refractivity contribution in [1.82, 2.24) is 0 Å². The van der Waals surface area contributed by atoms with Crippen LogP contribution in [0.3, 0.4) is 0 Å². The summed E-state index contributed by atoms with van der Waals surface area (Å²) < 4.78 is 5.54. The maximum Gasteiger partial charge on any atom is 0.0468 e. The molecule has 15 heavy (non-hydrogen) atoms. The maximum absolute atomic E-state index is 5.98. The smallest absolute Gasteiger partial charge is 0.0468 e. The topological polar surface area (TPSA) is 35.2 Å². The van der Waals surface area contributed by atoms with E-state index in [1.165, 1.54) is 0 Å². The van der Waals surface area contributed by atoms with Gasteiger partial charge in [0.1, 0.15) is 0 Å². The van der Waals surface area contributed by atoms with Crippen LogP contribution in [-0.4, -0.2) is 19.3 Å². The minimum absolute atomic E-state index is 0.360. The van der Waals surface area contributed by atoms with Gasteiger partial charge in [0, 0.05) is 19.3 Å². The molecule has 0 aliphatic rings. The van der Waals surface area contributed by atoms with Gasteiger partial charge in [0.2, 0.25) is 0 Å². The summed E-state index contributed by atoms with van der Waals surface area (Å²) >= 11 is 0. The summed E-state index contributed by atoms with van der Waals surface area (Å²) in [7, 11) is 0. The predicted molar refractivity (Wildman–Crippen MR) is 66.9 cm³/mol. The van der Waals surface area contributed by atoms with E-state index in [1.807, 2.05) is 0 Å². The Morgan fingerprint density at radius 1 is 0.933 bits per heavy atom. The molecule has 2 nitrogen and oxygen atoms in total. The number of rotatable bonds is 9. The van der Waals surface area contributed by atoms with Crippen LogP contribution in [0.4, 0.5) is 0 Å². The van der Waals surface area contributed by atoms with Crippen LogP contribution in [0.2, 0.25) is 0 Å². The lowest BCUT2D eigenvalue weighted by Crippen LogP contribution is -2.22. The van der Waals surface area contributed by atoms with Crippen LogP contribution in [0.1, 0.15) is 53.4 Å². The number of hydrogen-bond donors (Lipinski definition) is 1. The maximum atomic E-state index is 5.98. The standard InChI is InChI=1S/C13H29NO/c1-11(2)7-9-15-8-5-6-13(14)10-12(3)4/h11-13H,5-10,14H2,1-4H3. The van der Waals surface area contributed by atoms with Gasteiger partial charge >= 0.3 is 0 Å². The molecule has 0 aliphatic heterocycles. The number of nitrogens with two attached hydrogens (primary N) is 1. The van der Waals surface area contributed by atoms with E-state index in [0.717, 1.165) is 44.8 Å². The van der Waals surface area contributed by atoms with Crippen LogP contribution < -0.4 is 5.73 Å². The SMILES string of the molecule is CC(C)CCOCCCC(N)CC(C)C. The van der Waals surface area contributed by atoms with E-state index >= 15 is 0 Å². The van der Waals surface area contributed by atoms with E-state index in [9.17, 15) is 0 Å². The van der Waals surface area contributed by atoms with E-state index < -0.39 is 0 Å². The van der Waals surface area contributed by atoms with Gasteiger partial charge in [0.25, 0.3) is 0 Å². The van der Waals surface area contributed by atoms with E-state index in [0.29, 0.717) is 12.0 Å². The van der Waals surface area contributed by atoms with Crippen LogP contribution in [0, 0.1) is 11.8 Å². The third kappa shape index (κ3) is 11.8. The summed E-state index contributed by atoms with van der Waals surface area (Å²) in [5, 5.41) is 0. The molecule has 0 radical (unpaired) electrons. The summed E-state index contributed by atoms with van der Waals surface area (Å²) in [5.74, 6) is 1.45. The quantitative estimate of drug-likeness (QED) is 0.599. The number of ether oxygens (including phenoxy) is 1. The third-order valence-corrected chi connectivity index (χ3v) is 2.48. The first-order valence-electron chi connectivity index (χ1n) is 6.35. The van der Waals surface area contributed by atoms with Gasteiger partial charge in [-0.15, -0.1) is 0 Å². The highest BCUT2D eigenvalue weighted by atomic mass is 16.5. The Kier molecular flexibility index (Phi) is 9.12. The van der Waals surface area contributed by atoms with E-state index in [4.69, 9.17) is 10.5 Å². The van der Waals surface area contributed by atoms with Gasteiger partial charge in [-0.05, 0) is 37.5 Å². The fraction of sp³-hybridized carbons (Fsp3) is 1.00.